The van der Waals surface area contributed by atoms with E-state index in [9.17, 15) is 4.79 Å². The summed E-state index contributed by atoms with van der Waals surface area (Å²) < 4.78 is 5.16. The van der Waals surface area contributed by atoms with Gasteiger partial charge in [0.25, 0.3) is 0 Å². The number of carbonyl (C=O) groups excluding carboxylic acids is 1. The van der Waals surface area contributed by atoms with Crippen LogP contribution >= 0.6 is 12.2 Å². The number of carbonyl (C=O) groups is 1. The van der Waals surface area contributed by atoms with Crippen molar-refractivity contribution in [1.29, 1.82) is 0 Å². The Labute approximate surface area is 94.9 Å². The van der Waals surface area contributed by atoms with Crippen LogP contribution in [0, 0.1) is 0 Å². The van der Waals surface area contributed by atoms with Gasteiger partial charge in [-0.25, -0.2) is 4.79 Å². The van der Waals surface area contributed by atoms with Gasteiger partial charge >= 0.3 is 6.03 Å². The van der Waals surface area contributed by atoms with E-state index in [0.29, 0.717) is 18.2 Å². The third kappa shape index (κ3) is 3.32. The van der Waals surface area contributed by atoms with Crippen molar-refractivity contribution in [1.82, 2.24) is 10.2 Å². The van der Waals surface area contributed by atoms with Gasteiger partial charge in [0.05, 0.1) is 23.7 Å². The van der Waals surface area contributed by atoms with E-state index in [1.807, 2.05) is 0 Å². The zero-order valence-corrected chi connectivity index (χ0v) is 9.84. The van der Waals surface area contributed by atoms with Gasteiger partial charge in [-0.2, -0.15) is 0 Å². The second kappa shape index (κ2) is 5.27. The lowest BCUT2D eigenvalue weighted by atomic mass is 10.2. The summed E-state index contributed by atoms with van der Waals surface area (Å²) >= 11 is 4.83. The van der Waals surface area contributed by atoms with E-state index in [1.54, 1.807) is 14.0 Å². The molecule has 3 N–H and O–H groups in total. The first-order valence-corrected chi connectivity index (χ1v) is 5.33. The average molecular weight is 231 g/mol. The smallest absolute Gasteiger partial charge is 0.318 e. The van der Waals surface area contributed by atoms with E-state index in [2.05, 4.69) is 5.32 Å². The molecule has 0 bridgehead atoms. The molecule has 0 aromatic rings. The summed E-state index contributed by atoms with van der Waals surface area (Å²) in [4.78, 5) is 13.5. The molecule has 2 atom stereocenters. The van der Waals surface area contributed by atoms with E-state index in [0.717, 1.165) is 6.42 Å². The Morgan fingerprint density at radius 3 is 2.87 bits per heavy atom. The van der Waals surface area contributed by atoms with Gasteiger partial charge in [0.15, 0.2) is 0 Å². The van der Waals surface area contributed by atoms with Gasteiger partial charge in [-0.05, 0) is 13.3 Å². The number of rotatable bonds is 3. The van der Waals surface area contributed by atoms with Gasteiger partial charge in [-0.3, -0.25) is 0 Å². The summed E-state index contributed by atoms with van der Waals surface area (Å²) in [6.45, 7) is 3.09. The Morgan fingerprint density at radius 2 is 2.40 bits per heavy atom. The van der Waals surface area contributed by atoms with E-state index < -0.39 is 0 Å². The number of urea groups is 1. The number of nitrogens with zero attached hydrogens (tertiary/aromatic N) is 1. The minimum Gasteiger partial charge on any atom is -0.392 e. The molecule has 1 rings (SSSR count). The normalized spacial score (nSPS) is 22.1. The molecule has 0 aromatic heterocycles. The number of nitrogens with two attached hydrogens (primary N) is 1. The number of likely N-dealkylation sites (N-methyl/N-ethyl adjacent to an activating group) is 1. The van der Waals surface area contributed by atoms with Gasteiger partial charge < -0.3 is 20.7 Å². The van der Waals surface area contributed by atoms with Crippen LogP contribution in [0.5, 0.6) is 0 Å². The molecule has 1 heterocycles. The van der Waals surface area contributed by atoms with Crippen molar-refractivity contribution in [2.24, 2.45) is 5.73 Å². The standard InChI is InChI=1S/C9H17N3O2S/c1-6(8(10)15)12(2)9(13)11-7-3-4-14-5-7/h6-7H,3-5H2,1-2H3,(H2,10,15)(H,11,13). The highest BCUT2D eigenvalue weighted by Gasteiger charge is 2.22. The van der Waals surface area contributed by atoms with E-state index in [4.69, 9.17) is 22.7 Å². The van der Waals surface area contributed by atoms with Crippen molar-refractivity contribution in [2.75, 3.05) is 20.3 Å². The Morgan fingerprint density at radius 1 is 1.73 bits per heavy atom. The third-order valence-corrected chi connectivity index (χ3v) is 2.91. The molecule has 0 aliphatic carbocycles. The maximum atomic E-state index is 11.7. The van der Waals surface area contributed by atoms with Crippen LogP contribution in [0.1, 0.15) is 13.3 Å². The number of nitrogens with one attached hydrogen (secondary N) is 1. The van der Waals surface area contributed by atoms with Crippen LogP contribution in [0.25, 0.3) is 0 Å². The second-order valence-corrected chi connectivity index (χ2v) is 4.17. The lowest BCUT2D eigenvalue weighted by Crippen LogP contribution is -2.50. The predicted octanol–water partition coefficient (Wildman–Crippen LogP) is 0.0913. The Balaban J connectivity index is 2.41. The lowest BCUT2D eigenvalue weighted by Gasteiger charge is -2.25. The summed E-state index contributed by atoms with van der Waals surface area (Å²) in [7, 11) is 1.68. The SMILES string of the molecule is CC(C(N)=S)N(C)C(=O)NC1CCOC1. The van der Waals surface area contributed by atoms with Crippen LogP contribution in [0.4, 0.5) is 4.79 Å². The van der Waals surface area contributed by atoms with Gasteiger partial charge in [-0.15, -0.1) is 0 Å². The van der Waals surface area contributed by atoms with Crippen molar-refractivity contribution in [3.05, 3.63) is 0 Å². The predicted molar refractivity (Wildman–Crippen MR) is 61.8 cm³/mol. The number of hydrogen-bond donors (Lipinski definition) is 2. The van der Waals surface area contributed by atoms with E-state index >= 15 is 0 Å². The summed E-state index contributed by atoms with van der Waals surface area (Å²) in [5, 5.41) is 2.86. The van der Waals surface area contributed by atoms with Crippen LogP contribution in [0.2, 0.25) is 0 Å². The van der Waals surface area contributed by atoms with Gasteiger partial charge in [0, 0.05) is 13.7 Å². The topological polar surface area (TPSA) is 67.6 Å². The van der Waals surface area contributed by atoms with E-state index in [-0.39, 0.29) is 18.1 Å². The first-order chi connectivity index (χ1) is 7.02. The molecule has 0 saturated carbocycles. The van der Waals surface area contributed by atoms with Crippen LogP contribution in [-0.2, 0) is 4.74 Å². The molecule has 0 spiro atoms. The molecule has 1 fully saturated rings. The third-order valence-electron chi connectivity index (χ3n) is 2.57. The summed E-state index contributed by atoms with van der Waals surface area (Å²) in [5.74, 6) is 0. The number of amides is 2. The lowest BCUT2D eigenvalue weighted by molar-refractivity contribution is 0.180. The van der Waals surface area contributed by atoms with Crippen molar-refractivity contribution in [3.8, 4) is 0 Å². The van der Waals surface area contributed by atoms with Crippen molar-refractivity contribution < 1.29 is 9.53 Å². The van der Waals surface area contributed by atoms with Crippen molar-refractivity contribution in [2.45, 2.75) is 25.4 Å². The molecule has 0 radical (unpaired) electrons. The first kappa shape index (κ1) is 12.2. The molecule has 1 aliphatic heterocycles. The quantitative estimate of drug-likeness (QED) is 0.676. The number of hydrogen-bond acceptors (Lipinski definition) is 3. The molecular weight excluding hydrogens is 214 g/mol. The zero-order valence-electron chi connectivity index (χ0n) is 9.03. The Hall–Kier alpha value is -0.880. The molecular formula is C9H17N3O2S. The molecule has 2 unspecified atom stereocenters. The van der Waals surface area contributed by atoms with E-state index in [1.165, 1.54) is 4.90 Å². The average Bonchev–Trinajstić information content (AvgIpc) is 2.67. The summed E-state index contributed by atoms with van der Waals surface area (Å²) in [6, 6.07) is -0.286. The molecule has 1 saturated heterocycles. The highest BCUT2D eigenvalue weighted by molar-refractivity contribution is 7.80. The van der Waals surface area contributed by atoms with Crippen LogP contribution in [0.3, 0.4) is 0 Å². The number of ether oxygens (including phenoxy) is 1. The zero-order chi connectivity index (χ0) is 11.4. The van der Waals surface area contributed by atoms with Crippen molar-refractivity contribution in [3.63, 3.8) is 0 Å². The summed E-state index contributed by atoms with van der Waals surface area (Å²) in [6.07, 6.45) is 0.862. The highest BCUT2D eigenvalue weighted by Crippen LogP contribution is 2.05. The molecule has 6 heteroatoms. The first-order valence-electron chi connectivity index (χ1n) is 4.92. The molecule has 2 amide bonds. The fourth-order valence-electron chi connectivity index (χ4n) is 1.29. The van der Waals surface area contributed by atoms with Crippen LogP contribution in [-0.4, -0.2) is 48.3 Å². The maximum absolute atomic E-state index is 11.7. The molecule has 1 aliphatic rings. The minimum absolute atomic E-state index is 0.110. The molecule has 5 nitrogen and oxygen atoms in total. The highest BCUT2D eigenvalue weighted by atomic mass is 32.1. The number of thiocarbonyl (C=S) groups is 1. The van der Waals surface area contributed by atoms with Gasteiger partial charge in [0.2, 0.25) is 0 Å². The van der Waals surface area contributed by atoms with Gasteiger partial charge in [-0.1, -0.05) is 12.2 Å². The Bertz CT molecular complexity index is 254. The van der Waals surface area contributed by atoms with Gasteiger partial charge in [0.1, 0.15) is 0 Å². The van der Waals surface area contributed by atoms with Crippen molar-refractivity contribution >= 4 is 23.2 Å². The second-order valence-electron chi connectivity index (χ2n) is 3.70. The largest absolute Gasteiger partial charge is 0.392 e. The Kier molecular flexibility index (Phi) is 4.28. The molecule has 0 aromatic carbocycles. The maximum Gasteiger partial charge on any atom is 0.318 e. The fourth-order valence-corrected chi connectivity index (χ4v) is 1.45. The van der Waals surface area contributed by atoms with Crippen LogP contribution < -0.4 is 11.1 Å². The fraction of sp³-hybridized carbons (Fsp3) is 0.778. The van der Waals surface area contributed by atoms with Crippen LogP contribution in [0.15, 0.2) is 0 Å². The summed E-state index contributed by atoms with van der Waals surface area (Å²) in [5.41, 5.74) is 5.47. The molecule has 86 valence electrons. The monoisotopic (exact) mass is 231 g/mol. The molecule has 15 heavy (non-hydrogen) atoms. The minimum atomic E-state index is -0.234.